The van der Waals surface area contributed by atoms with Gasteiger partial charge in [-0.3, -0.25) is 0 Å². The normalized spacial score (nSPS) is 26.1. The maximum atomic E-state index is 13.5. The minimum Gasteiger partial charge on any atom is -0.384 e. The second kappa shape index (κ2) is 27.6. The molecule has 10 heteroatoms. The summed E-state index contributed by atoms with van der Waals surface area (Å²) in [5, 5.41) is 13.5. The van der Waals surface area contributed by atoms with Crippen LogP contribution in [-0.4, -0.2) is 79.2 Å². The zero-order valence-electron chi connectivity index (χ0n) is 39.9. The Hall–Kier alpha value is -4.56. The molecule has 0 bridgehead atoms. The quantitative estimate of drug-likeness (QED) is 0.0385. The number of unbranched alkanes of at least 4 members (excludes halogenated alkanes) is 5. The highest BCUT2D eigenvalue weighted by atomic mass is 16.8. The van der Waals surface area contributed by atoms with Crippen LogP contribution in [0.25, 0.3) is 0 Å². The first-order chi connectivity index (χ1) is 33.4. The van der Waals surface area contributed by atoms with Crippen LogP contribution in [0.4, 0.5) is 0 Å². The molecular weight excluding hydrogens is 857 g/mol. The van der Waals surface area contributed by atoms with Gasteiger partial charge in [0, 0.05) is 6.61 Å². The number of aliphatic hydroxyl groups is 1. The van der Waals surface area contributed by atoms with E-state index in [1.165, 1.54) is 19.3 Å². The molecule has 0 unspecified atom stereocenters. The van der Waals surface area contributed by atoms with Gasteiger partial charge in [-0.2, -0.15) is 0 Å². The van der Waals surface area contributed by atoms with E-state index in [1.54, 1.807) is 6.08 Å². The maximum absolute atomic E-state index is 13.5. The van der Waals surface area contributed by atoms with E-state index in [1.807, 2.05) is 159 Å². The molecule has 10 nitrogen and oxygen atoms in total. The molecular formula is C58H72O10. The van der Waals surface area contributed by atoms with Crippen LogP contribution in [0.2, 0.25) is 0 Å². The first-order valence-corrected chi connectivity index (χ1v) is 24.6. The highest BCUT2D eigenvalue weighted by Crippen LogP contribution is 2.41. The van der Waals surface area contributed by atoms with Crippen molar-refractivity contribution in [3.05, 3.63) is 192 Å². The van der Waals surface area contributed by atoms with E-state index in [2.05, 4.69) is 13.5 Å². The third kappa shape index (κ3) is 15.0. The standard InChI is InChI=1S/C58H72O10/c1-4-6-7-8-9-25-37-61-57-55(58(59,36-5-2)54(65-42-49-34-23-14-24-35-49)50(67-57)43-60-38-45-26-15-10-16-27-45)68-56-53(64-41-48-32-21-13-22-33-48)52(63-40-47-30-19-12-20-31-47)51(44(3)66-56)62-39-46-28-17-11-18-29-46/h5,10-24,26-35,44,50-57,59H,2,4,6-9,25,36-43H2,1,3H3/t44-,50+,51+,52+,53-,54-,55-,56-,57+,58+/m0/s1. The first-order valence-electron chi connectivity index (χ1n) is 24.6. The second-order valence-corrected chi connectivity index (χ2v) is 17.9. The number of rotatable bonds is 28. The Kier molecular flexibility index (Phi) is 20.8. The van der Waals surface area contributed by atoms with Gasteiger partial charge in [-0.05, 0) is 47.6 Å². The second-order valence-electron chi connectivity index (χ2n) is 17.9. The molecule has 5 aromatic carbocycles. The van der Waals surface area contributed by atoms with Crippen molar-refractivity contribution in [2.24, 2.45) is 0 Å². The van der Waals surface area contributed by atoms with Crippen LogP contribution < -0.4 is 0 Å². The van der Waals surface area contributed by atoms with Crippen molar-refractivity contribution in [2.45, 2.75) is 153 Å². The topological polar surface area (TPSA) is 103 Å². The minimum absolute atomic E-state index is 0.0844. The molecule has 0 aromatic heterocycles. The monoisotopic (exact) mass is 929 g/mol. The van der Waals surface area contributed by atoms with Crippen molar-refractivity contribution in [2.75, 3.05) is 13.2 Å². The lowest BCUT2D eigenvalue weighted by Gasteiger charge is -2.53. The smallest absolute Gasteiger partial charge is 0.187 e. The van der Waals surface area contributed by atoms with Gasteiger partial charge in [0.05, 0.1) is 45.7 Å². The van der Waals surface area contributed by atoms with E-state index in [9.17, 15) is 5.11 Å². The lowest BCUT2D eigenvalue weighted by molar-refractivity contribution is -0.395. The van der Waals surface area contributed by atoms with Crippen LogP contribution in [-0.2, 0) is 75.7 Å². The third-order valence-corrected chi connectivity index (χ3v) is 12.7. The van der Waals surface area contributed by atoms with E-state index in [0.717, 1.165) is 47.1 Å². The molecule has 0 aliphatic carbocycles. The highest BCUT2D eigenvalue weighted by molar-refractivity contribution is 5.18. The molecule has 2 fully saturated rings. The van der Waals surface area contributed by atoms with Gasteiger partial charge in [0.25, 0.3) is 0 Å². The summed E-state index contributed by atoms with van der Waals surface area (Å²) in [6.45, 7) is 10.2. The zero-order valence-corrected chi connectivity index (χ0v) is 39.9. The van der Waals surface area contributed by atoms with Gasteiger partial charge in [0.2, 0.25) is 0 Å². The SMILES string of the molecule is C=CC[C@]1(O)[C@@H](O[C@@H]2O[C@@H](C)[C@@H](OCc3ccccc3)[C@@H](OCc3ccccc3)[C@@H]2OCc2ccccc2)[C@H](OCCCCCCCC)O[C@H](COCc2ccccc2)[C@@H]1OCc1ccccc1. The molecule has 2 saturated heterocycles. The number of benzene rings is 5. The molecule has 0 amide bonds. The first kappa shape index (κ1) is 51.3. The Bertz CT molecular complexity index is 2110. The van der Waals surface area contributed by atoms with Crippen molar-refractivity contribution in [1.82, 2.24) is 0 Å². The summed E-state index contributed by atoms with van der Waals surface area (Å²) >= 11 is 0. The molecule has 0 spiro atoms. The highest BCUT2D eigenvalue weighted by Gasteiger charge is 2.60. The predicted octanol–water partition coefficient (Wildman–Crippen LogP) is 11.1. The molecule has 2 aliphatic rings. The predicted molar refractivity (Wildman–Crippen MR) is 263 cm³/mol. The average Bonchev–Trinajstić information content (AvgIpc) is 3.37. The van der Waals surface area contributed by atoms with E-state index in [-0.39, 0.29) is 26.2 Å². The lowest BCUT2D eigenvalue weighted by Crippen LogP contribution is -2.71. The molecule has 364 valence electrons. The fourth-order valence-corrected chi connectivity index (χ4v) is 9.02. The van der Waals surface area contributed by atoms with Crippen molar-refractivity contribution >= 4 is 0 Å². The largest absolute Gasteiger partial charge is 0.384 e. The third-order valence-electron chi connectivity index (χ3n) is 12.7. The number of hydrogen-bond acceptors (Lipinski definition) is 10. The van der Waals surface area contributed by atoms with Crippen molar-refractivity contribution in [3.63, 3.8) is 0 Å². The van der Waals surface area contributed by atoms with E-state index in [4.69, 9.17) is 42.6 Å². The van der Waals surface area contributed by atoms with Crippen LogP contribution >= 0.6 is 0 Å². The van der Waals surface area contributed by atoms with E-state index in [0.29, 0.717) is 26.4 Å². The molecule has 2 heterocycles. The fraction of sp³-hybridized carbons (Fsp3) is 0.448. The summed E-state index contributed by atoms with van der Waals surface area (Å²) in [6, 6.07) is 50.0. The van der Waals surface area contributed by atoms with Crippen molar-refractivity contribution in [1.29, 1.82) is 0 Å². The Morgan fingerprint density at radius 1 is 0.515 bits per heavy atom. The Morgan fingerprint density at radius 3 is 1.49 bits per heavy atom. The van der Waals surface area contributed by atoms with Crippen LogP contribution in [0.1, 0.15) is 86.6 Å². The summed E-state index contributed by atoms with van der Waals surface area (Å²) in [5.74, 6) is 0. The fourth-order valence-electron chi connectivity index (χ4n) is 9.02. The summed E-state index contributed by atoms with van der Waals surface area (Å²) < 4.78 is 61.6. The summed E-state index contributed by atoms with van der Waals surface area (Å²) in [6.07, 6.45) is 0.629. The maximum Gasteiger partial charge on any atom is 0.187 e. The summed E-state index contributed by atoms with van der Waals surface area (Å²) in [7, 11) is 0. The van der Waals surface area contributed by atoms with Gasteiger partial charge in [-0.25, -0.2) is 0 Å². The van der Waals surface area contributed by atoms with Crippen LogP contribution in [0.3, 0.4) is 0 Å². The summed E-state index contributed by atoms with van der Waals surface area (Å²) in [4.78, 5) is 0. The van der Waals surface area contributed by atoms with Gasteiger partial charge in [-0.1, -0.05) is 197 Å². The molecule has 2 aliphatic heterocycles. The van der Waals surface area contributed by atoms with Gasteiger partial charge in [-0.15, -0.1) is 6.58 Å². The lowest BCUT2D eigenvalue weighted by atomic mass is 9.80. The number of ether oxygens (including phenoxy) is 9. The molecule has 0 saturated carbocycles. The van der Waals surface area contributed by atoms with Crippen molar-refractivity contribution in [3.8, 4) is 0 Å². The number of hydrogen-bond donors (Lipinski definition) is 1. The van der Waals surface area contributed by atoms with E-state index >= 15 is 0 Å². The van der Waals surface area contributed by atoms with Gasteiger partial charge in [0.15, 0.2) is 12.6 Å². The average molecular weight is 929 g/mol. The molecule has 10 atom stereocenters. The molecule has 1 N–H and O–H groups in total. The van der Waals surface area contributed by atoms with Crippen LogP contribution in [0.15, 0.2) is 164 Å². The molecule has 68 heavy (non-hydrogen) atoms. The van der Waals surface area contributed by atoms with Gasteiger partial charge in [0.1, 0.15) is 42.2 Å². The molecule has 5 aromatic rings. The van der Waals surface area contributed by atoms with Crippen LogP contribution in [0, 0.1) is 0 Å². The van der Waals surface area contributed by atoms with Crippen molar-refractivity contribution < 1.29 is 47.7 Å². The molecule has 0 radical (unpaired) electrons. The Balaban J connectivity index is 1.23. The Labute approximate surface area is 404 Å². The zero-order chi connectivity index (χ0) is 47.2. The Morgan fingerprint density at radius 2 is 0.971 bits per heavy atom. The molecule has 7 rings (SSSR count). The summed E-state index contributed by atoms with van der Waals surface area (Å²) in [5.41, 5.74) is 3.18. The van der Waals surface area contributed by atoms with E-state index < -0.39 is 60.9 Å². The van der Waals surface area contributed by atoms with Crippen LogP contribution in [0.5, 0.6) is 0 Å². The minimum atomic E-state index is -1.75. The van der Waals surface area contributed by atoms with Gasteiger partial charge >= 0.3 is 0 Å². The van der Waals surface area contributed by atoms with Gasteiger partial charge < -0.3 is 47.7 Å².